The highest BCUT2D eigenvalue weighted by Crippen LogP contribution is 2.25. The maximum atomic E-state index is 12.4. The average molecular weight is 354 g/mol. The quantitative estimate of drug-likeness (QED) is 0.798. The van der Waals surface area contributed by atoms with E-state index in [1.165, 1.54) is 11.1 Å². The second-order valence-electron chi connectivity index (χ2n) is 6.39. The number of para-hydroxylation sites is 1. The van der Waals surface area contributed by atoms with Gasteiger partial charge in [-0.2, -0.15) is 0 Å². The zero-order chi connectivity index (χ0) is 18.4. The second kappa shape index (κ2) is 8.76. The Balaban J connectivity index is 1.72. The molecule has 3 rings (SSSR count). The Kier molecular flexibility index (Phi) is 6.17. The first-order valence-corrected chi connectivity index (χ1v) is 9.31. The third-order valence-corrected chi connectivity index (χ3v) is 4.64. The fraction of sp³-hybridized carbons (Fsp3) is 0.450. The third kappa shape index (κ3) is 4.38. The molecular weight excluding hydrogens is 328 g/mol. The molecule has 1 saturated heterocycles. The molecule has 1 atom stereocenters. The smallest absolute Gasteiger partial charge is 0.270 e. The van der Waals surface area contributed by atoms with Crippen molar-refractivity contribution in [3.63, 3.8) is 0 Å². The number of hydrogen-bond acceptors (Lipinski definition) is 5. The van der Waals surface area contributed by atoms with Crippen LogP contribution in [0.3, 0.4) is 0 Å². The summed E-state index contributed by atoms with van der Waals surface area (Å²) < 4.78 is 5.53. The normalized spacial score (nSPS) is 16.5. The molecule has 0 radical (unpaired) electrons. The molecule has 1 aromatic heterocycles. The third-order valence-electron chi connectivity index (χ3n) is 4.64. The van der Waals surface area contributed by atoms with Gasteiger partial charge in [-0.1, -0.05) is 32.0 Å². The van der Waals surface area contributed by atoms with Crippen LogP contribution >= 0.6 is 0 Å². The summed E-state index contributed by atoms with van der Waals surface area (Å²) in [5.41, 5.74) is 3.81. The van der Waals surface area contributed by atoms with Gasteiger partial charge in [0.1, 0.15) is 5.69 Å². The predicted octanol–water partition coefficient (Wildman–Crippen LogP) is 3.25. The molecule has 0 spiro atoms. The molecule has 6 heteroatoms. The van der Waals surface area contributed by atoms with Crippen LogP contribution in [-0.2, 0) is 17.6 Å². The number of aromatic nitrogens is 2. The summed E-state index contributed by atoms with van der Waals surface area (Å²) in [5.74, 6) is 0.232. The molecule has 1 aliphatic heterocycles. The number of hydrogen-bond donors (Lipinski definition) is 2. The molecule has 26 heavy (non-hydrogen) atoms. The Labute approximate surface area is 154 Å². The molecule has 1 unspecified atom stereocenters. The van der Waals surface area contributed by atoms with E-state index in [0.29, 0.717) is 18.2 Å². The first-order chi connectivity index (χ1) is 12.7. The van der Waals surface area contributed by atoms with Crippen molar-refractivity contribution >= 4 is 17.5 Å². The van der Waals surface area contributed by atoms with Gasteiger partial charge in [-0.05, 0) is 42.9 Å². The summed E-state index contributed by atoms with van der Waals surface area (Å²) >= 11 is 0. The van der Waals surface area contributed by atoms with Crippen molar-refractivity contribution in [3.05, 3.63) is 47.3 Å². The summed E-state index contributed by atoms with van der Waals surface area (Å²) in [6, 6.07) is 7.89. The molecule has 1 amide bonds. The van der Waals surface area contributed by atoms with Crippen LogP contribution in [0.5, 0.6) is 0 Å². The fourth-order valence-electron chi connectivity index (χ4n) is 3.16. The van der Waals surface area contributed by atoms with Gasteiger partial charge in [0.25, 0.3) is 5.91 Å². The lowest BCUT2D eigenvalue weighted by Gasteiger charge is -2.15. The van der Waals surface area contributed by atoms with E-state index in [4.69, 9.17) is 4.74 Å². The minimum absolute atomic E-state index is 0.113. The van der Waals surface area contributed by atoms with Gasteiger partial charge in [-0.15, -0.1) is 0 Å². The van der Waals surface area contributed by atoms with Crippen molar-refractivity contribution in [1.82, 2.24) is 15.3 Å². The number of carbonyl (C=O) groups excluding carboxylic acids is 1. The van der Waals surface area contributed by atoms with E-state index in [2.05, 4.69) is 52.6 Å². The molecule has 0 aliphatic carbocycles. The number of amides is 1. The molecule has 1 aromatic carbocycles. The Hall–Kier alpha value is -2.47. The van der Waals surface area contributed by atoms with Crippen molar-refractivity contribution < 1.29 is 9.53 Å². The molecule has 2 N–H and O–H groups in total. The van der Waals surface area contributed by atoms with Crippen LogP contribution in [0.4, 0.5) is 11.6 Å². The molecule has 0 saturated carbocycles. The van der Waals surface area contributed by atoms with Gasteiger partial charge >= 0.3 is 0 Å². The molecule has 138 valence electrons. The largest absolute Gasteiger partial charge is 0.376 e. The average Bonchev–Trinajstić information content (AvgIpc) is 3.20. The minimum Gasteiger partial charge on any atom is -0.376 e. The summed E-state index contributed by atoms with van der Waals surface area (Å²) in [7, 11) is 0. The van der Waals surface area contributed by atoms with Gasteiger partial charge in [0.2, 0.25) is 5.95 Å². The first-order valence-electron chi connectivity index (χ1n) is 9.31. The van der Waals surface area contributed by atoms with Crippen LogP contribution in [0.1, 0.15) is 48.3 Å². The molecule has 0 bridgehead atoms. The summed E-state index contributed by atoms with van der Waals surface area (Å²) in [6.07, 6.45) is 5.59. The van der Waals surface area contributed by atoms with Crippen molar-refractivity contribution in [3.8, 4) is 0 Å². The number of aryl methyl sites for hydroxylation is 2. The fourth-order valence-corrected chi connectivity index (χ4v) is 3.16. The van der Waals surface area contributed by atoms with Gasteiger partial charge in [-0.25, -0.2) is 9.97 Å². The second-order valence-corrected chi connectivity index (χ2v) is 6.39. The first kappa shape index (κ1) is 18.3. The standard InChI is InChI=1S/C20H26N4O2/c1-3-14-7-5-8-15(4-2)18(14)24-20-21-11-10-17(23-20)19(25)22-13-16-9-6-12-26-16/h5,7-8,10-11,16H,3-4,6,9,12-13H2,1-2H3,(H,22,25)(H,21,23,24). The molecule has 2 aromatic rings. The predicted molar refractivity (Wildman–Crippen MR) is 102 cm³/mol. The Morgan fingerprint density at radius 2 is 2.00 bits per heavy atom. The van der Waals surface area contributed by atoms with E-state index in [9.17, 15) is 4.79 Å². The lowest BCUT2D eigenvalue weighted by Crippen LogP contribution is -2.32. The number of nitrogens with one attached hydrogen (secondary N) is 2. The highest BCUT2D eigenvalue weighted by molar-refractivity contribution is 5.92. The van der Waals surface area contributed by atoms with Crippen LogP contribution in [0, 0.1) is 0 Å². The summed E-state index contributed by atoms with van der Waals surface area (Å²) in [4.78, 5) is 21.0. The van der Waals surface area contributed by atoms with E-state index >= 15 is 0 Å². The van der Waals surface area contributed by atoms with Gasteiger partial charge in [0.05, 0.1) is 6.10 Å². The van der Waals surface area contributed by atoms with E-state index in [1.54, 1.807) is 12.3 Å². The summed E-state index contributed by atoms with van der Waals surface area (Å²) in [6.45, 7) is 5.54. The number of benzene rings is 1. The monoisotopic (exact) mass is 354 g/mol. The van der Waals surface area contributed by atoms with Crippen molar-refractivity contribution in [2.24, 2.45) is 0 Å². The molecule has 1 fully saturated rings. The zero-order valence-electron chi connectivity index (χ0n) is 15.4. The van der Waals surface area contributed by atoms with E-state index < -0.39 is 0 Å². The molecule has 2 heterocycles. The van der Waals surface area contributed by atoms with Crippen LogP contribution in [0.25, 0.3) is 0 Å². The highest BCUT2D eigenvalue weighted by atomic mass is 16.5. The van der Waals surface area contributed by atoms with E-state index in [1.807, 2.05) is 0 Å². The van der Waals surface area contributed by atoms with Crippen LogP contribution in [0.2, 0.25) is 0 Å². The number of ether oxygens (including phenoxy) is 1. The minimum atomic E-state index is -0.203. The Morgan fingerprint density at radius 3 is 2.65 bits per heavy atom. The number of anilines is 2. The molecule has 6 nitrogen and oxygen atoms in total. The van der Waals surface area contributed by atoms with Crippen LogP contribution in [-0.4, -0.2) is 35.1 Å². The zero-order valence-corrected chi connectivity index (χ0v) is 15.4. The Morgan fingerprint density at radius 1 is 1.23 bits per heavy atom. The van der Waals surface area contributed by atoms with Crippen LogP contribution < -0.4 is 10.6 Å². The Bertz CT molecular complexity index is 735. The number of carbonyl (C=O) groups is 1. The van der Waals surface area contributed by atoms with Gasteiger partial charge in [-0.3, -0.25) is 4.79 Å². The van der Waals surface area contributed by atoms with Gasteiger partial charge in [0.15, 0.2) is 0 Å². The molecular formula is C20H26N4O2. The highest BCUT2D eigenvalue weighted by Gasteiger charge is 2.17. The van der Waals surface area contributed by atoms with Gasteiger partial charge < -0.3 is 15.4 Å². The van der Waals surface area contributed by atoms with Crippen molar-refractivity contribution in [2.45, 2.75) is 45.6 Å². The van der Waals surface area contributed by atoms with Gasteiger partial charge in [0, 0.05) is 25.0 Å². The number of nitrogens with zero attached hydrogens (tertiary/aromatic N) is 2. The van der Waals surface area contributed by atoms with E-state index in [-0.39, 0.29) is 12.0 Å². The lowest BCUT2D eigenvalue weighted by molar-refractivity contribution is 0.0853. The van der Waals surface area contributed by atoms with Crippen LogP contribution in [0.15, 0.2) is 30.5 Å². The van der Waals surface area contributed by atoms with Crippen molar-refractivity contribution in [2.75, 3.05) is 18.5 Å². The van der Waals surface area contributed by atoms with Crippen molar-refractivity contribution in [1.29, 1.82) is 0 Å². The van der Waals surface area contributed by atoms with E-state index in [0.717, 1.165) is 38.0 Å². The number of rotatable bonds is 7. The molecule has 1 aliphatic rings. The maximum Gasteiger partial charge on any atom is 0.270 e. The SMILES string of the molecule is CCc1cccc(CC)c1Nc1nccc(C(=O)NCC2CCCO2)n1. The maximum absolute atomic E-state index is 12.4. The lowest BCUT2D eigenvalue weighted by atomic mass is 10.0. The summed E-state index contributed by atoms with van der Waals surface area (Å²) in [5, 5.41) is 6.20. The topological polar surface area (TPSA) is 76.1 Å².